The fourth-order valence-electron chi connectivity index (χ4n) is 3.46. The highest BCUT2D eigenvalue weighted by molar-refractivity contribution is 5.91. The summed E-state index contributed by atoms with van der Waals surface area (Å²) in [6, 6.07) is 7.44. The molecule has 1 saturated carbocycles. The molecule has 1 aliphatic carbocycles. The molecule has 0 aromatic carbocycles. The van der Waals surface area contributed by atoms with Crippen molar-refractivity contribution in [1.29, 1.82) is 0 Å². The van der Waals surface area contributed by atoms with E-state index in [4.69, 9.17) is 4.74 Å². The Morgan fingerprint density at radius 1 is 1.12 bits per heavy atom. The van der Waals surface area contributed by atoms with E-state index in [1.165, 1.54) is 32.1 Å². The molecule has 2 aromatic heterocycles. The molecule has 0 radical (unpaired) electrons. The number of hydrogen-bond acceptors (Lipinski definition) is 4. The average molecular weight is 353 g/mol. The van der Waals surface area contributed by atoms with Crippen molar-refractivity contribution in [2.75, 3.05) is 5.32 Å². The van der Waals surface area contributed by atoms with Crippen LogP contribution >= 0.6 is 0 Å². The Kier molecular flexibility index (Phi) is 6.99. The van der Waals surface area contributed by atoms with E-state index >= 15 is 0 Å². The third-order valence-electron chi connectivity index (χ3n) is 4.91. The molecule has 1 N–H and O–H groups in total. The Labute approximate surface area is 155 Å². The van der Waals surface area contributed by atoms with Gasteiger partial charge in [-0.1, -0.05) is 32.1 Å². The van der Waals surface area contributed by atoms with Gasteiger partial charge in [0.05, 0.1) is 0 Å². The van der Waals surface area contributed by atoms with Crippen molar-refractivity contribution in [1.82, 2.24) is 9.97 Å². The number of ether oxygens (including phenoxy) is 1. The van der Waals surface area contributed by atoms with Crippen molar-refractivity contribution in [3.63, 3.8) is 0 Å². The van der Waals surface area contributed by atoms with Gasteiger partial charge >= 0.3 is 0 Å². The van der Waals surface area contributed by atoms with Crippen LogP contribution in [0, 0.1) is 5.92 Å². The van der Waals surface area contributed by atoms with Gasteiger partial charge in [-0.3, -0.25) is 9.78 Å². The van der Waals surface area contributed by atoms with Gasteiger partial charge in [0.2, 0.25) is 5.91 Å². The van der Waals surface area contributed by atoms with Gasteiger partial charge in [0.1, 0.15) is 6.61 Å². The highest BCUT2D eigenvalue weighted by Crippen LogP contribution is 2.28. The topological polar surface area (TPSA) is 64.1 Å². The molecule has 0 spiro atoms. The molecule has 1 amide bonds. The number of pyridine rings is 2. The molecule has 0 atom stereocenters. The van der Waals surface area contributed by atoms with Gasteiger partial charge in [-0.2, -0.15) is 0 Å². The fraction of sp³-hybridized carbons (Fsp3) is 0.476. The number of carbonyl (C=O) groups is 1. The smallest absolute Gasteiger partial charge is 0.225 e. The summed E-state index contributed by atoms with van der Waals surface area (Å²) < 4.78 is 5.82. The predicted molar refractivity (Wildman–Crippen MR) is 102 cm³/mol. The molecule has 3 rings (SSSR count). The molecule has 0 aliphatic heterocycles. The van der Waals surface area contributed by atoms with Crippen molar-refractivity contribution in [3.8, 4) is 5.75 Å². The van der Waals surface area contributed by atoms with E-state index in [1.807, 2.05) is 18.2 Å². The molecule has 5 nitrogen and oxygen atoms in total. The second kappa shape index (κ2) is 9.90. The Bertz CT molecular complexity index is 685. The van der Waals surface area contributed by atoms with Crippen molar-refractivity contribution >= 4 is 11.7 Å². The van der Waals surface area contributed by atoms with E-state index in [0.29, 0.717) is 24.6 Å². The first-order valence-corrected chi connectivity index (χ1v) is 9.58. The van der Waals surface area contributed by atoms with Gasteiger partial charge < -0.3 is 10.1 Å². The first kappa shape index (κ1) is 18.4. The number of rotatable bonds is 8. The van der Waals surface area contributed by atoms with Gasteiger partial charge in [0.25, 0.3) is 0 Å². The minimum Gasteiger partial charge on any atom is -0.485 e. The number of nitrogens with one attached hydrogen (secondary N) is 1. The van der Waals surface area contributed by atoms with Gasteiger partial charge in [-0.25, -0.2) is 4.98 Å². The number of carbonyl (C=O) groups excluding carboxylic acids is 1. The van der Waals surface area contributed by atoms with E-state index in [9.17, 15) is 4.79 Å². The van der Waals surface area contributed by atoms with E-state index in [0.717, 1.165) is 24.3 Å². The fourth-order valence-corrected chi connectivity index (χ4v) is 3.46. The third-order valence-corrected chi connectivity index (χ3v) is 4.91. The molecule has 1 fully saturated rings. The summed E-state index contributed by atoms with van der Waals surface area (Å²) in [4.78, 5) is 20.5. The van der Waals surface area contributed by atoms with Gasteiger partial charge in [0, 0.05) is 25.0 Å². The van der Waals surface area contributed by atoms with E-state index in [1.54, 1.807) is 24.7 Å². The zero-order chi connectivity index (χ0) is 18.0. The molecule has 0 saturated heterocycles. The summed E-state index contributed by atoms with van der Waals surface area (Å²) >= 11 is 0. The summed E-state index contributed by atoms with van der Waals surface area (Å²) in [5.41, 5.74) is 1.02. The number of hydrogen-bond donors (Lipinski definition) is 1. The summed E-state index contributed by atoms with van der Waals surface area (Å²) in [7, 11) is 0. The number of nitrogens with zero attached hydrogens (tertiary/aromatic N) is 2. The second-order valence-electron chi connectivity index (χ2n) is 6.94. The van der Waals surface area contributed by atoms with Crippen LogP contribution < -0.4 is 10.1 Å². The van der Waals surface area contributed by atoms with Gasteiger partial charge in [0.15, 0.2) is 11.6 Å². The molecular formula is C21H27N3O2. The van der Waals surface area contributed by atoms with Gasteiger partial charge in [-0.05, 0) is 48.6 Å². The lowest BCUT2D eigenvalue weighted by atomic mass is 9.86. The highest BCUT2D eigenvalue weighted by Gasteiger charge is 2.14. The summed E-state index contributed by atoms with van der Waals surface area (Å²) in [6.45, 7) is 0.415. The molecule has 0 unspecified atom stereocenters. The van der Waals surface area contributed by atoms with Crippen molar-refractivity contribution < 1.29 is 9.53 Å². The molecule has 26 heavy (non-hydrogen) atoms. The SMILES string of the molecule is O=C(CCCC1CCCCC1)Nc1ncccc1OCc1ccncc1. The Morgan fingerprint density at radius 2 is 1.92 bits per heavy atom. The van der Waals surface area contributed by atoms with Crippen molar-refractivity contribution in [3.05, 3.63) is 48.4 Å². The van der Waals surface area contributed by atoms with Crippen LogP contribution in [0.4, 0.5) is 5.82 Å². The Morgan fingerprint density at radius 3 is 2.73 bits per heavy atom. The lowest BCUT2D eigenvalue weighted by Crippen LogP contribution is -2.14. The molecule has 2 aromatic rings. The lowest BCUT2D eigenvalue weighted by molar-refractivity contribution is -0.116. The Hall–Kier alpha value is -2.43. The average Bonchev–Trinajstić information content (AvgIpc) is 2.69. The first-order valence-electron chi connectivity index (χ1n) is 9.58. The summed E-state index contributed by atoms with van der Waals surface area (Å²) in [6.07, 6.45) is 14.5. The van der Waals surface area contributed by atoms with Crippen LogP contribution in [0.1, 0.15) is 56.9 Å². The highest BCUT2D eigenvalue weighted by atomic mass is 16.5. The molecule has 5 heteroatoms. The quantitative estimate of drug-likeness (QED) is 0.744. The monoisotopic (exact) mass is 353 g/mol. The maximum absolute atomic E-state index is 12.3. The predicted octanol–water partition coefficient (Wildman–Crippen LogP) is 4.74. The van der Waals surface area contributed by atoms with Crippen LogP contribution in [0.5, 0.6) is 5.75 Å². The van der Waals surface area contributed by atoms with Crippen LogP contribution in [0.15, 0.2) is 42.9 Å². The standard InChI is InChI=1S/C21H27N3O2/c25-20(10-4-8-17-6-2-1-3-7-17)24-21-19(9-5-13-23-21)26-16-18-11-14-22-15-12-18/h5,9,11-15,17H,1-4,6-8,10,16H2,(H,23,24,25). The summed E-state index contributed by atoms with van der Waals surface area (Å²) in [5, 5.41) is 2.90. The maximum Gasteiger partial charge on any atom is 0.225 e. The lowest BCUT2D eigenvalue weighted by Gasteiger charge is -2.21. The second-order valence-corrected chi connectivity index (χ2v) is 6.94. The van der Waals surface area contributed by atoms with E-state index in [-0.39, 0.29) is 5.91 Å². The zero-order valence-corrected chi connectivity index (χ0v) is 15.2. The van der Waals surface area contributed by atoms with Crippen LogP contribution in [-0.4, -0.2) is 15.9 Å². The maximum atomic E-state index is 12.3. The summed E-state index contributed by atoms with van der Waals surface area (Å²) in [5.74, 6) is 1.90. The van der Waals surface area contributed by atoms with E-state index < -0.39 is 0 Å². The third kappa shape index (κ3) is 5.83. The number of anilines is 1. The molecule has 1 aliphatic rings. The number of amides is 1. The molecule has 2 heterocycles. The minimum atomic E-state index is 0.00766. The molecular weight excluding hydrogens is 326 g/mol. The molecule has 0 bridgehead atoms. The van der Waals surface area contributed by atoms with Crippen LogP contribution in [0.2, 0.25) is 0 Å². The minimum absolute atomic E-state index is 0.00766. The van der Waals surface area contributed by atoms with Crippen LogP contribution in [0.3, 0.4) is 0 Å². The zero-order valence-electron chi connectivity index (χ0n) is 15.2. The van der Waals surface area contributed by atoms with Crippen LogP contribution in [-0.2, 0) is 11.4 Å². The van der Waals surface area contributed by atoms with E-state index in [2.05, 4.69) is 15.3 Å². The first-order chi connectivity index (χ1) is 12.8. The van der Waals surface area contributed by atoms with Crippen LogP contribution in [0.25, 0.3) is 0 Å². The van der Waals surface area contributed by atoms with Crippen molar-refractivity contribution in [2.24, 2.45) is 5.92 Å². The van der Waals surface area contributed by atoms with Crippen molar-refractivity contribution in [2.45, 2.75) is 58.0 Å². The molecule has 138 valence electrons. The number of aromatic nitrogens is 2. The Balaban J connectivity index is 1.46. The van der Waals surface area contributed by atoms with Gasteiger partial charge in [-0.15, -0.1) is 0 Å². The largest absolute Gasteiger partial charge is 0.485 e. The normalized spacial score (nSPS) is 14.8.